The maximum absolute atomic E-state index is 12.6. The number of nitrogens with two attached hydrogens (primary N) is 1. The number of pyridine rings is 1. The van der Waals surface area contributed by atoms with Crippen molar-refractivity contribution in [2.24, 2.45) is 5.73 Å². The van der Waals surface area contributed by atoms with Crippen molar-refractivity contribution in [2.45, 2.75) is 19.4 Å². The molecule has 0 radical (unpaired) electrons. The van der Waals surface area contributed by atoms with Crippen molar-refractivity contribution < 1.29 is 8.78 Å². The Labute approximate surface area is 90.5 Å². The van der Waals surface area contributed by atoms with E-state index in [1.54, 1.807) is 0 Å². The number of aromatic nitrogens is 1. The predicted octanol–water partition coefficient (Wildman–Crippen LogP) is 2.20. The van der Waals surface area contributed by atoms with Crippen molar-refractivity contribution in [1.29, 1.82) is 5.26 Å². The van der Waals surface area contributed by atoms with Gasteiger partial charge in [-0.05, 0) is 6.07 Å². The minimum Gasteiger partial charge on any atom is -0.326 e. The molecule has 0 fully saturated rings. The molecule has 0 aliphatic heterocycles. The van der Waals surface area contributed by atoms with Crippen molar-refractivity contribution in [3.63, 3.8) is 0 Å². The van der Waals surface area contributed by atoms with E-state index >= 15 is 0 Å². The second-order valence-corrected chi connectivity index (χ2v) is 3.21. The van der Waals surface area contributed by atoms with Gasteiger partial charge in [0.2, 0.25) is 0 Å². The van der Waals surface area contributed by atoms with E-state index in [4.69, 9.17) is 22.6 Å². The highest BCUT2D eigenvalue weighted by molar-refractivity contribution is 6.31. The van der Waals surface area contributed by atoms with Crippen molar-refractivity contribution >= 4 is 11.6 Å². The summed E-state index contributed by atoms with van der Waals surface area (Å²) in [5, 5.41) is 8.55. The number of halogens is 3. The molecule has 0 aliphatic carbocycles. The Morgan fingerprint density at radius 2 is 2.27 bits per heavy atom. The molecule has 0 atom stereocenters. The molecule has 0 saturated carbocycles. The SMILES string of the molecule is N#CCc1cc(Cl)c(CN)c(C(F)F)n1. The summed E-state index contributed by atoms with van der Waals surface area (Å²) in [6.07, 6.45) is -2.79. The molecule has 15 heavy (non-hydrogen) atoms. The largest absolute Gasteiger partial charge is 0.326 e. The molecule has 80 valence electrons. The van der Waals surface area contributed by atoms with Crippen LogP contribution in [0.1, 0.15) is 23.4 Å². The van der Waals surface area contributed by atoms with Crippen LogP contribution in [-0.2, 0) is 13.0 Å². The molecule has 0 saturated heterocycles. The van der Waals surface area contributed by atoms with E-state index in [2.05, 4.69) is 4.98 Å². The van der Waals surface area contributed by atoms with Gasteiger partial charge in [-0.15, -0.1) is 0 Å². The molecule has 1 aromatic rings. The average molecular weight is 232 g/mol. The zero-order valence-corrected chi connectivity index (χ0v) is 8.43. The van der Waals surface area contributed by atoms with Crippen molar-refractivity contribution in [2.75, 3.05) is 0 Å². The maximum atomic E-state index is 12.6. The van der Waals surface area contributed by atoms with Gasteiger partial charge in [-0.1, -0.05) is 11.6 Å². The summed E-state index contributed by atoms with van der Waals surface area (Å²) in [5.74, 6) is 0. The van der Waals surface area contributed by atoms with Crippen LogP contribution in [0.25, 0.3) is 0 Å². The Balaban J connectivity index is 3.27. The molecule has 3 nitrogen and oxygen atoms in total. The zero-order chi connectivity index (χ0) is 11.4. The molecule has 0 bridgehead atoms. The average Bonchev–Trinajstić information content (AvgIpc) is 2.17. The van der Waals surface area contributed by atoms with E-state index in [-0.39, 0.29) is 29.2 Å². The Morgan fingerprint density at radius 3 is 2.73 bits per heavy atom. The lowest BCUT2D eigenvalue weighted by molar-refractivity contribution is 0.144. The lowest BCUT2D eigenvalue weighted by Gasteiger charge is -2.09. The maximum Gasteiger partial charge on any atom is 0.280 e. The van der Waals surface area contributed by atoms with Crippen LogP contribution in [0.2, 0.25) is 5.02 Å². The van der Waals surface area contributed by atoms with E-state index in [1.807, 2.05) is 6.07 Å². The van der Waals surface area contributed by atoms with Gasteiger partial charge < -0.3 is 5.73 Å². The standard InChI is InChI=1S/C9H8ClF2N3/c10-7-3-5(1-2-13)15-8(9(11)12)6(7)4-14/h3,9H,1,4,14H2. The van der Waals surface area contributed by atoms with Gasteiger partial charge in [-0.25, -0.2) is 8.78 Å². The van der Waals surface area contributed by atoms with Crippen LogP contribution >= 0.6 is 11.6 Å². The first kappa shape index (κ1) is 11.8. The van der Waals surface area contributed by atoms with Gasteiger partial charge in [0.05, 0.1) is 18.2 Å². The summed E-state index contributed by atoms with van der Waals surface area (Å²) in [5.41, 5.74) is 5.22. The van der Waals surface area contributed by atoms with E-state index < -0.39 is 12.1 Å². The smallest absolute Gasteiger partial charge is 0.280 e. The van der Waals surface area contributed by atoms with Gasteiger partial charge >= 0.3 is 0 Å². The Bertz CT molecular complexity index is 401. The molecule has 1 rings (SSSR count). The number of rotatable bonds is 3. The normalized spacial score (nSPS) is 10.4. The fourth-order valence-electron chi connectivity index (χ4n) is 1.16. The first-order valence-corrected chi connectivity index (χ1v) is 4.51. The fraction of sp³-hybridized carbons (Fsp3) is 0.333. The lowest BCUT2D eigenvalue weighted by Crippen LogP contribution is -2.07. The summed E-state index contributed by atoms with van der Waals surface area (Å²) in [6, 6.07) is 3.21. The molecular formula is C9H8ClF2N3. The lowest BCUT2D eigenvalue weighted by atomic mass is 10.1. The third kappa shape index (κ3) is 2.61. The third-order valence-corrected chi connectivity index (χ3v) is 2.16. The highest BCUT2D eigenvalue weighted by Gasteiger charge is 2.18. The highest BCUT2D eigenvalue weighted by atomic mass is 35.5. The van der Waals surface area contributed by atoms with Gasteiger partial charge in [0.25, 0.3) is 6.43 Å². The zero-order valence-electron chi connectivity index (χ0n) is 7.67. The van der Waals surface area contributed by atoms with Crippen LogP contribution < -0.4 is 5.73 Å². The molecule has 0 aromatic carbocycles. The molecule has 0 spiro atoms. The fourth-order valence-corrected chi connectivity index (χ4v) is 1.46. The summed E-state index contributed by atoms with van der Waals surface area (Å²) >= 11 is 5.75. The second-order valence-electron chi connectivity index (χ2n) is 2.80. The first-order valence-electron chi connectivity index (χ1n) is 4.13. The number of hydrogen-bond acceptors (Lipinski definition) is 3. The number of nitriles is 1. The van der Waals surface area contributed by atoms with Gasteiger partial charge in [0.15, 0.2) is 0 Å². The molecular weight excluding hydrogens is 224 g/mol. The minimum atomic E-state index is -2.74. The van der Waals surface area contributed by atoms with E-state index in [0.717, 1.165) is 0 Å². The van der Waals surface area contributed by atoms with Crippen LogP contribution in [-0.4, -0.2) is 4.98 Å². The molecule has 6 heteroatoms. The topological polar surface area (TPSA) is 62.7 Å². The van der Waals surface area contributed by atoms with Crippen molar-refractivity contribution in [3.8, 4) is 6.07 Å². The van der Waals surface area contributed by atoms with Crippen molar-refractivity contribution in [3.05, 3.63) is 28.0 Å². The summed E-state index contributed by atoms with van der Waals surface area (Å²) in [7, 11) is 0. The van der Waals surface area contributed by atoms with E-state index in [0.29, 0.717) is 0 Å². The molecule has 0 unspecified atom stereocenters. The predicted molar refractivity (Wildman–Crippen MR) is 51.4 cm³/mol. The minimum absolute atomic E-state index is 0.0513. The molecule has 2 N–H and O–H groups in total. The van der Waals surface area contributed by atoms with Gasteiger partial charge in [-0.2, -0.15) is 5.26 Å². The van der Waals surface area contributed by atoms with Gasteiger partial charge in [0, 0.05) is 17.1 Å². The van der Waals surface area contributed by atoms with Gasteiger partial charge in [0.1, 0.15) is 5.69 Å². The summed E-state index contributed by atoms with van der Waals surface area (Å²) < 4.78 is 25.1. The van der Waals surface area contributed by atoms with E-state index in [1.165, 1.54) is 6.07 Å². The monoisotopic (exact) mass is 231 g/mol. The van der Waals surface area contributed by atoms with Crippen LogP contribution in [0.3, 0.4) is 0 Å². The Hall–Kier alpha value is -1.25. The Kier molecular flexibility index (Phi) is 3.95. The van der Waals surface area contributed by atoms with Gasteiger partial charge in [-0.3, -0.25) is 4.98 Å². The van der Waals surface area contributed by atoms with E-state index in [9.17, 15) is 8.78 Å². The van der Waals surface area contributed by atoms with Crippen LogP contribution in [0.15, 0.2) is 6.07 Å². The summed E-state index contributed by atoms with van der Waals surface area (Å²) in [6.45, 7) is -0.0989. The van der Waals surface area contributed by atoms with Crippen LogP contribution in [0.4, 0.5) is 8.78 Å². The molecule has 0 amide bonds. The second kappa shape index (κ2) is 5.01. The Morgan fingerprint density at radius 1 is 1.60 bits per heavy atom. The summed E-state index contributed by atoms with van der Waals surface area (Å²) in [4.78, 5) is 3.66. The molecule has 1 aromatic heterocycles. The van der Waals surface area contributed by atoms with Crippen LogP contribution in [0.5, 0.6) is 0 Å². The number of hydrogen-bond donors (Lipinski definition) is 1. The quantitative estimate of drug-likeness (QED) is 0.867. The van der Waals surface area contributed by atoms with Crippen molar-refractivity contribution in [1.82, 2.24) is 4.98 Å². The molecule has 0 aliphatic rings. The number of nitrogens with zero attached hydrogens (tertiary/aromatic N) is 2. The third-order valence-electron chi connectivity index (χ3n) is 1.83. The number of alkyl halides is 2. The first-order chi connectivity index (χ1) is 7.10. The van der Waals surface area contributed by atoms with Crippen LogP contribution in [0, 0.1) is 11.3 Å². The highest BCUT2D eigenvalue weighted by Crippen LogP contribution is 2.27. The molecule has 1 heterocycles.